The third-order valence-corrected chi connectivity index (χ3v) is 4.80. The van der Waals surface area contributed by atoms with Crippen molar-refractivity contribution in [3.63, 3.8) is 0 Å². The van der Waals surface area contributed by atoms with Gasteiger partial charge in [-0.3, -0.25) is 14.4 Å². The summed E-state index contributed by atoms with van der Waals surface area (Å²) in [6, 6.07) is 0. The number of unbranched alkanes of at least 4 members (excludes halogenated alkanes) is 8. The zero-order valence-corrected chi connectivity index (χ0v) is 15.8. The van der Waals surface area contributed by atoms with Gasteiger partial charge in [-0.25, -0.2) is 0 Å². The van der Waals surface area contributed by atoms with Crippen LogP contribution in [0.3, 0.4) is 0 Å². The number of carbonyl (C=O) groups is 3. The summed E-state index contributed by atoms with van der Waals surface area (Å²) in [6.07, 6.45) is 20.6. The summed E-state index contributed by atoms with van der Waals surface area (Å²) in [7, 11) is 0. The Kier molecular flexibility index (Phi) is 11.8. The molecule has 0 aromatic carbocycles. The average molecular weight is 347 g/mol. The molecule has 0 spiro atoms. The quantitative estimate of drug-likeness (QED) is 0.250. The molecule has 0 saturated heterocycles. The van der Waals surface area contributed by atoms with Crippen LogP contribution in [-0.4, -0.2) is 17.3 Å². The van der Waals surface area contributed by atoms with Gasteiger partial charge in [0.1, 0.15) is 5.92 Å². The van der Waals surface area contributed by atoms with Crippen molar-refractivity contribution in [2.45, 2.75) is 90.4 Å². The first kappa shape index (κ1) is 21.5. The molecule has 3 heteroatoms. The molecule has 0 aliphatic heterocycles. The normalized spacial score (nSPS) is 16.4. The van der Waals surface area contributed by atoms with Crippen molar-refractivity contribution in [2.24, 2.45) is 5.92 Å². The highest BCUT2D eigenvalue weighted by atomic mass is 16.2. The first-order chi connectivity index (χ1) is 12.2. The van der Waals surface area contributed by atoms with Crippen LogP contribution in [0, 0.1) is 5.92 Å². The van der Waals surface area contributed by atoms with Gasteiger partial charge in [0.05, 0.1) is 0 Å². The van der Waals surface area contributed by atoms with Gasteiger partial charge < -0.3 is 0 Å². The molecule has 1 rings (SSSR count). The molecule has 3 nitrogen and oxygen atoms in total. The monoisotopic (exact) mass is 346 g/mol. The second-order valence-corrected chi connectivity index (χ2v) is 7.01. The van der Waals surface area contributed by atoms with Gasteiger partial charge in [0.2, 0.25) is 0 Å². The number of Topliss-reactive ketones (excluding diaryl/α,β-unsaturated/α-hetero) is 3. The highest BCUT2D eigenvalue weighted by Crippen LogP contribution is 2.20. The molecule has 0 aromatic rings. The van der Waals surface area contributed by atoms with Gasteiger partial charge >= 0.3 is 0 Å². The summed E-state index contributed by atoms with van der Waals surface area (Å²) in [5.74, 6) is -1.36. The largest absolute Gasteiger partial charge is 0.298 e. The maximum Gasteiger partial charge on any atom is 0.150 e. The van der Waals surface area contributed by atoms with Crippen LogP contribution in [0.4, 0.5) is 0 Å². The summed E-state index contributed by atoms with van der Waals surface area (Å²) in [4.78, 5) is 35.5. The lowest BCUT2D eigenvalue weighted by molar-refractivity contribution is -0.142. The highest BCUT2D eigenvalue weighted by Gasteiger charge is 2.34. The summed E-state index contributed by atoms with van der Waals surface area (Å²) in [5.41, 5.74) is 0. The summed E-state index contributed by atoms with van der Waals surface area (Å²) >= 11 is 0. The van der Waals surface area contributed by atoms with Gasteiger partial charge in [0.15, 0.2) is 17.3 Å². The van der Waals surface area contributed by atoms with Crippen LogP contribution >= 0.6 is 0 Å². The SMILES string of the molecule is C/C=C/C=C\CCCCCCCCCCC(=O)C1C(=O)CCCC1=O. The minimum Gasteiger partial charge on any atom is -0.298 e. The Morgan fingerprint density at radius 2 is 1.44 bits per heavy atom. The van der Waals surface area contributed by atoms with E-state index in [1.807, 2.05) is 13.0 Å². The molecule has 0 radical (unpaired) electrons. The predicted octanol–water partition coefficient (Wildman–Crippen LogP) is 5.53. The number of ketones is 3. The number of hydrogen-bond acceptors (Lipinski definition) is 3. The average Bonchev–Trinajstić information content (AvgIpc) is 2.59. The third-order valence-electron chi connectivity index (χ3n) is 4.80. The molecule has 1 saturated carbocycles. The highest BCUT2D eigenvalue weighted by molar-refractivity contribution is 6.20. The molecule has 0 heterocycles. The maximum atomic E-state index is 12.1. The van der Waals surface area contributed by atoms with Crippen LogP contribution < -0.4 is 0 Å². The molecular formula is C22H34O3. The topological polar surface area (TPSA) is 51.2 Å². The first-order valence-electron chi connectivity index (χ1n) is 10.0. The van der Waals surface area contributed by atoms with E-state index in [9.17, 15) is 14.4 Å². The van der Waals surface area contributed by atoms with E-state index in [-0.39, 0.29) is 17.3 Å². The van der Waals surface area contributed by atoms with Crippen molar-refractivity contribution in [1.29, 1.82) is 0 Å². The Balaban J connectivity index is 1.95. The number of rotatable bonds is 13. The Labute approximate surface area is 153 Å². The second-order valence-electron chi connectivity index (χ2n) is 7.01. The van der Waals surface area contributed by atoms with E-state index < -0.39 is 5.92 Å². The van der Waals surface area contributed by atoms with E-state index in [1.165, 1.54) is 32.1 Å². The van der Waals surface area contributed by atoms with Crippen LogP contribution in [0.5, 0.6) is 0 Å². The van der Waals surface area contributed by atoms with Crippen molar-refractivity contribution in [3.8, 4) is 0 Å². The fourth-order valence-corrected chi connectivity index (χ4v) is 3.32. The van der Waals surface area contributed by atoms with Crippen molar-refractivity contribution in [2.75, 3.05) is 0 Å². The van der Waals surface area contributed by atoms with E-state index in [4.69, 9.17) is 0 Å². The molecule has 140 valence electrons. The number of carbonyl (C=O) groups excluding carboxylic acids is 3. The Morgan fingerprint density at radius 1 is 0.880 bits per heavy atom. The van der Waals surface area contributed by atoms with E-state index in [0.29, 0.717) is 25.7 Å². The lowest BCUT2D eigenvalue weighted by Gasteiger charge is -2.17. The number of hydrogen-bond donors (Lipinski definition) is 0. The van der Waals surface area contributed by atoms with E-state index in [2.05, 4.69) is 18.2 Å². The molecule has 1 aliphatic rings. The van der Waals surface area contributed by atoms with Gasteiger partial charge in [0, 0.05) is 19.3 Å². The molecule has 0 atom stereocenters. The van der Waals surface area contributed by atoms with Crippen LogP contribution in [0.25, 0.3) is 0 Å². The standard InChI is InChI=1S/C22H34O3/c1-2-3-4-5-6-7-8-9-10-11-12-13-14-16-19(23)22-20(24)17-15-18-21(22)25/h2-5,22H,6-18H2,1H3/b3-2+,5-4-. The van der Waals surface area contributed by atoms with Crippen molar-refractivity contribution in [1.82, 2.24) is 0 Å². The predicted molar refractivity (Wildman–Crippen MR) is 102 cm³/mol. The lowest BCUT2D eigenvalue weighted by atomic mass is 9.82. The van der Waals surface area contributed by atoms with Crippen LogP contribution in [0.15, 0.2) is 24.3 Å². The number of allylic oxidation sites excluding steroid dienone is 4. The molecule has 0 unspecified atom stereocenters. The third kappa shape index (κ3) is 9.52. The fraction of sp³-hybridized carbons (Fsp3) is 0.682. The molecular weight excluding hydrogens is 312 g/mol. The molecule has 0 N–H and O–H groups in total. The van der Waals surface area contributed by atoms with Crippen molar-refractivity contribution >= 4 is 17.3 Å². The van der Waals surface area contributed by atoms with Crippen LogP contribution in [0.1, 0.15) is 90.4 Å². The molecule has 1 fully saturated rings. The van der Waals surface area contributed by atoms with Gasteiger partial charge in [-0.2, -0.15) is 0 Å². The van der Waals surface area contributed by atoms with Gasteiger partial charge in [-0.05, 0) is 32.6 Å². The summed E-state index contributed by atoms with van der Waals surface area (Å²) < 4.78 is 0. The summed E-state index contributed by atoms with van der Waals surface area (Å²) in [5, 5.41) is 0. The Hall–Kier alpha value is -1.51. The fourth-order valence-electron chi connectivity index (χ4n) is 3.32. The minimum atomic E-state index is -0.921. The zero-order valence-electron chi connectivity index (χ0n) is 15.8. The maximum absolute atomic E-state index is 12.1. The van der Waals surface area contributed by atoms with Crippen molar-refractivity contribution < 1.29 is 14.4 Å². The summed E-state index contributed by atoms with van der Waals surface area (Å²) in [6.45, 7) is 2.02. The molecule has 0 bridgehead atoms. The van der Waals surface area contributed by atoms with Crippen LogP contribution in [0.2, 0.25) is 0 Å². The molecule has 0 aromatic heterocycles. The molecule has 0 amide bonds. The van der Waals surface area contributed by atoms with E-state index in [1.54, 1.807) is 0 Å². The lowest BCUT2D eigenvalue weighted by Crippen LogP contribution is -2.35. The minimum absolute atomic E-state index is 0.138. The van der Waals surface area contributed by atoms with E-state index in [0.717, 1.165) is 25.7 Å². The molecule has 25 heavy (non-hydrogen) atoms. The first-order valence-corrected chi connectivity index (χ1v) is 10.0. The second kappa shape index (κ2) is 13.7. The van der Waals surface area contributed by atoms with Crippen molar-refractivity contribution in [3.05, 3.63) is 24.3 Å². The van der Waals surface area contributed by atoms with Gasteiger partial charge in [-0.1, -0.05) is 62.8 Å². The smallest absolute Gasteiger partial charge is 0.150 e. The van der Waals surface area contributed by atoms with Crippen LogP contribution in [-0.2, 0) is 14.4 Å². The Bertz CT molecular complexity index is 458. The molecule has 1 aliphatic carbocycles. The Morgan fingerprint density at radius 3 is 2.04 bits per heavy atom. The zero-order chi connectivity index (χ0) is 18.3. The van der Waals surface area contributed by atoms with E-state index >= 15 is 0 Å². The van der Waals surface area contributed by atoms with Gasteiger partial charge in [-0.15, -0.1) is 0 Å². The van der Waals surface area contributed by atoms with Gasteiger partial charge in [0.25, 0.3) is 0 Å².